The lowest BCUT2D eigenvalue weighted by Gasteiger charge is -2.19. The van der Waals surface area contributed by atoms with Crippen LogP contribution in [0.4, 0.5) is 11.5 Å². The Balaban J connectivity index is 2.03. The van der Waals surface area contributed by atoms with E-state index in [4.69, 9.17) is 27.2 Å². The zero-order valence-corrected chi connectivity index (χ0v) is 16.5. The molecule has 1 aromatic rings. The van der Waals surface area contributed by atoms with Gasteiger partial charge in [0.2, 0.25) is 0 Å². The molecule has 146 valence electrons. The SMILES string of the molecule is C=CC1C(OCCO)CC(CNc2nc(SCCC)nc(Cl)c2N)C1O. The second-order valence-electron chi connectivity index (χ2n) is 6.22. The second-order valence-corrected chi connectivity index (χ2v) is 7.64. The van der Waals surface area contributed by atoms with E-state index in [1.165, 1.54) is 11.8 Å². The first-order valence-corrected chi connectivity index (χ1v) is 10.1. The number of hydrogen-bond acceptors (Lipinski definition) is 8. The molecule has 0 aliphatic heterocycles. The van der Waals surface area contributed by atoms with Gasteiger partial charge in [-0.25, -0.2) is 9.97 Å². The van der Waals surface area contributed by atoms with Gasteiger partial charge in [-0.1, -0.05) is 36.4 Å². The van der Waals surface area contributed by atoms with Gasteiger partial charge in [0.05, 0.1) is 25.4 Å². The molecule has 1 aromatic heterocycles. The maximum Gasteiger partial charge on any atom is 0.191 e. The van der Waals surface area contributed by atoms with Crippen molar-refractivity contribution >= 4 is 34.9 Å². The molecular weight excluding hydrogens is 376 g/mol. The fourth-order valence-corrected chi connectivity index (χ4v) is 3.97. The number of hydrogen-bond donors (Lipinski definition) is 4. The van der Waals surface area contributed by atoms with Gasteiger partial charge in [-0.3, -0.25) is 0 Å². The number of nitrogens with zero attached hydrogens (tertiary/aromatic N) is 2. The first kappa shape index (κ1) is 21.2. The van der Waals surface area contributed by atoms with Crippen molar-refractivity contribution in [3.63, 3.8) is 0 Å². The van der Waals surface area contributed by atoms with Gasteiger partial charge in [-0.2, -0.15) is 0 Å². The fraction of sp³-hybridized carbons (Fsp3) is 0.647. The Labute approximate surface area is 163 Å². The van der Waals surface area contributed by atoms with Gasteiger partial charge in [-0.15, -0.1) is 6.58 Å². The summed E-state index contributed by atoms with van der Waals surface area (Å²) in [7, 11) is 0. The molecule has 26 heavy (non-hydrogen) atoms. The lowest BCUT2D eigenvalue weighted by Crippen LogP contribution is -2.28. The van der Waals surface area contributed by atoms with Crippen LogP contribution in [0.25, 0.3) is 0 Å². The van der Waals surface area contributed by atoms with E-state index in [1.54, 1.807) is 6.08 Å². The Morgan fingerprint density at radius 1 is 1.50 bits per heavy atom. The van der Waals surface area contributed by atoms with Gasteiger partial charge < -0.3 is 26.0 Å². The standard InChI is InChI=1S/C17H27ClN4O3S/c1-3-7-26-17-21-15(18)13(19)16(22-17)20-9-10-8-12(25-6-5-23)11(4-2)14(10)24/h4,10-12,14,23-24H,2-3,5-9,19H2,1H3,(H,20,21,22). The van der Waals surface area contributed by atoms with Crippen molar-refractivity contribution < 1.29 is 14.9 Å². The van der Waals surface area contributed by atoms with Crippen LogP contribution in [-0.2, 0) is 4.74 Å². The highest BCUT2D eigenvalue weighted by Crippen LogP contribution is 2.35. The van der Waals surface area contributed by atoms with Gasteiger partial charge in [-0.05, 0) is 12.8 Å². The summed E-state index contributed by atoms with van der Waals surface area (Å²) in [5.41, 5.74) is 6.29. The number of aliphatic hydroxyl groups excluding tert-OH is 2. The van der Waals surface area contributed by atoms with Crippen molar-refractivity contribution in [2.45, 2.75) is 37.1 Å². The minimum Gasteiger partial charge on any atom is -0.394 e. The minimum absolute atomic E-state index is 0.0481. The van der Waals surface area contributed by atoms with Crippen LogP contribution in [0.2, 0.25) is 5.15 Å². The zero-order chi connectivity index (χ0) is 19.1. The molecule has 0 amide bonds. The number of nitrogen functional groups attached to an aromatic ring is 1. The number of anilines is 2. The minimum atomic E-state index is -0.587. The number of nitrogens with two attached hydrogens (primary N) is 1. The molecule has 0 bridgehead atoms. The van der Waals surface area contributed by atoms with Crippen LogP contribution >= 0.6 is 23.4 Å². The Bertz CT molecular complexity index is 608. The monoisotopic (exact) mass is 402 g/mol. The Hall–Kier alpha value is -1.06. The number of halogens is 1. The molecule has 2 rings (SSSR count). The molecule has 0 spiro atoms. The highest BCUT2D eigenvalue weighted by atomic mass is 35.5. The predicted octanol–water partition coefficient (Wildman–Crippen LogP) is 2.19. The van der Waals surface area contributed by atoms with Crippen LogP contribution in [0, 0.1) is 11.8 Å². The summed E-state index contributed by atoms with van der Waals surface area (Å²) in [6.07, 6.45) is 2.62. The topological polar surface area (TPSA) is 114 Å². The predicted molar refractivity (Wildman–Crippen MR) is 106 cm³/mol. The lowest BCUT2D eigenvalue weighted by molar-refractivity contribution is 0.00257. The summed E-state index contributed by atoms with van der Waals surface area (Å²) >= 11 is 7.63. The zero-order valence-electron chi connectivity index (χ0n) is 14.9. The Morgan fingerprint density at radius 3 is 2.92 bits per heavy atom. The van der Waals surface area contributed by atoms with E-state index in [0.29, 0.717) is 29.6 Å². The fourth-order valence-electron chi connectivity index (χ4n) is 3.05. The molecule has 1 aliphatic carbocycles. The summed E-state index contributed by atoms with van der Waals surface area (Å²) < 4.78 is 5.63. The molecule has 7 nitrogen and oxygen atoms in total. The van der Waals surface area contributed by atoms with E-state index in [9.17, 15) is 5.11 Å². The van der Waals surface area contributed by atoms with Crippen LogP contribution in [0.5, 0.6) is 0 Å². The Kier molecular flexibility index (Phi) is 8.43. The van der Waals surface area contributed by atoms with E-state index < -0.39 is 6.10 Å². The summed E-state index contributed by atoms with van der Waals surface area (Å²) in [6, 6.07) is 0. The quantitative estimate of drug-likeness (QED) is 0.204. The Morgan fingerprint density at radius 2 is 2.27 bits per heavy atom. The first-order valence-electron chi connectivity index (χ1n) is 8.74. The number of thioether (sulfide) groups is 1. The summed E-state index contributed by atoms with van der Waals surface area (Å²) in [5, 5.41) is 23.5. The van der Waals surface area contributed by atoms with E-state index in [0.717, 1.165) is 12.2 Å². The molecule has 0 saturated heterocycles. The van der Waals surface area contributed by atoms with Crippen molar-refractivity contribution in [3.05, 3.63) is 17.8 Å². The molecule has 1 saturated carbocycles. The summed E-state index contributed by atoms with van der Waals surface area (Å²) in [5.74, 6) is 1.15. The third-order valence-electron chi connectivity index (χ3n) is 4.38. The molecule has 4 unspecified atom stereocenters. The van der Waals surface area contributed by atoms with Crippen LogP contribution < -0.4 is 11.1 Å². The van der Waals surface area contributed by atoms with E-state index >= 15 is 0 Å². The number of aromatic nitrogens is 2. The van der Waals surface area contributed by atoms with Gasteiger partial charge >= 0.3 is 0 Å². The lowest BCUT2D eigenvalue weighted by atomic mass is 10.0. The van der Waals surface area contributed by atoms with Gasteiger partial charge in [0.1, 0.15) is 5.69 Å². The number of aliphatic hydroxyl groups is 2. The van der Waals surface area contributed by atoms with Crippen molar-refractivity contribution in [1.29, 1.82) is 0 Å². The first-order chi connectivity index (χ1) is 12.5. The molecule has 4 atom stereocenters. The van der Waals surface area contributed by atoms with Gasteiger partial charge in [0.15, 0.2) is 16.1 Å². The van der Waals surface area contributed by atoms with Crippen LogP contribution in [0.15, 0.2) is 17.8 Å². The molecule has 9 heteroatoms. The van der Waals surface area contributed by atoms with Crippen molar-refractivity contribution in [3.8, 4) is 0 Å². The van der Waals surface area contributed by atoms with Gasteiger partial charge in [0, 0.05) is 24.1 Å². The normalized spacial score (nSPS) is 25.4. The molecular formula is C17H27ClN4O3S. The number of ether oxygens (including phenoxy) is 1. The van der Waals surface area contributed by atoms with Crippen molar-refractivity contribution in [2.24, 2.45) is 11.8 Å². The largest absolute Gasteiger partial charge is 0.394 e. The second kappa shape index (κ2) is 10.3. The highest BCUT2D eigenvalue weighted by molar-refractivity contribution is 7.99. The third kappa shape index (κ3) is 5.23. The number of nitrogens with one attached hydrogen (secondary N) is 1. The summed E-state index contributed by atoms with van der Waals surface area (Å²) in [6.45, 7) is 6.54. The van der Waals surface area contributed by atoms with Gasteiger partial charge in [0.25, 0.3) is 0 Å². The van der Waals surface area contributed by atoms with Crippen LogP contribution in [0.1, 0.15) is 19.8 Å². The van der Waals surface area contributed by atoms with E-state index in [1.807, 2.05) is 0 Å². The molecule has 1 aliphatic rings. The molecule has 5 N–H and O–H groups in total. The average molecular weight is 403 g/mol. The van der Waals surface area contributed by atoms with Crippen LogP contribution in [0.3, 0.4) is 0 Å². The van der Waals surface area contributed by atoms with E-state index in [2.05, 4.69) is 28.8 Å². The van der Waals surface area contributed by atoms with Crippen molar-refractivity contribution in [1.82, 2.24) is 9.97 Å². The average Bonchev–Trinajstić information content (AvgIpc) is 2.94. The highest BCUT2D eigenvalue weighted by Gasteiger charge is 2.41. The molecule has 0 aromatic carbocycles. The third-order valence-corrected chi connectivity index (χ3v) is 5.72. The van der Waals surface area contributed by atoms with Crippen LogP contribution in [-0.4, -0.2) is 57.9 Å². The number of rotatable bonds is 10. The maximum absolute atomic E-state index is 10.5. The molecule has 1 heterocycles. The van der Waals surface area contributed by atoms with Crippen molar-refractivity contribution in [2.75, 3.05) is 36.6 Å². The smallest absolute Gasteiger partial charge is 0.191 e. The molecule has 0 radical (unpaired) electrons. The maximum atomic E-state index is 10.5. The van der Waals surface area contributed by atoms with E-state index in [-0.39, 0.29) is 36.3 Å². The molecule has 1 fully saturated rings. The summed E-state index contributed by atoms with van der Waals surface area (Å²) in [4.78, 5) is 8.61.